The molecule has 82 valence electrons. The Morgan fingerprint density at radius 3 is 2.07 bits per heavy atom. The minimum Gasteiger partial charge on any atom is -0.330 e. The van der Waals surface area contributed by atoms with Crippen molar-refractivity contribution in [3.63, 3.8) is 0 Å². The first-order chi connectivity index (χ1) is 6.58. The molecule has 3 heteroatoms. The Bertz CT molecular complexity index is 201. The summed E-state index contributed by atoms with van der Waals surface area (Å²) in [6.07, 6.45) is 6.01. The fraction of sp³-hybridized carbons (Fsp3) is 1.00. The van der Waals surface area contributed by atoms with Crippen LogP contribution in [0.4, 0.5) is 8.78 Å². The SMILES string of the molecule is NCC1(C2CCCCC2)CC(F)(F)C1. The van der Waals surface area contributed by atoms with Crippen molar-refractivity contribution in [2.24, 2.45) is 17.1 Å². The maximum absolute atomic E-state index is 12.9. The summed E-state index contributed by atoms with van der Waals surface area (Å²) in [5.41, 5.74) is 5.48. The molecule has 0 bridgehead atoms. The molecule has 0 atom stereocenters. The van der Waals surface area contributed by atoms with Crippen LogP contribution in [0.5, 0.6) is 0 Å². The molecule has 2 rings (SSSR count). The molecule has 0 heterocycles. The van der Waals surface area contributed by atoms with Crippen LogP contribution in [-0.2, 0) is 0 Å². The lowest BCUT2D eigenvalue weighted by Crippen LogP contribution is -2.55. The van der Waals surface area contributed by atoms with E-state index < -0.39 is 5.92 Å². The fourth-order valence-electron chi connectivity index (χ4n) is 3.29. The summed E-state index contributed by atoms with van der Waals surface area (Å²) in [6.45, 7) is 0.452. The number of halogens is 2. The van der Waals surface area contributed by atoms with E-state index in [2.05, 4.69) is 0 Å². The van der Waals surface area contributed by atoms with Gasteiger partial charge in [0.1, 0.15) is 0 Å². The van der Waals surface area contributed by atoms with E-state index in [-0.39, 0.29) is 18.3 Å². The molecule has 0 amide bonds. The Labute approximate surface area is 84.0 Å². The maximum Gasteiger partial charge on any atom is 0.249 e. The van der Waals surface area contributed by atoms with Gasteiger partial charge in [0.2, 0.25) is 5.92 Å². The largest absolute Gasteiger partial charge is 0.330 e. The standard InChI is InChI=1S/C11H19F2N/c12-11(13)6-10(7-11,8-14)9-4-2-1-3-5-9/h9H,1-8,14H2. The summed E-state index contributed by atoms with van der Waals surface area (Å²) in [5.74, 6) is -1.95. The quantitative estimate of drug-likeness (QED) is 0.733. The van der Waals surface area contributed by atoms with Crippen molar-refractivity contribution < 1.29 is 8.78 Å². The highest BCUT2D eigenvalue weighted by Gasteiger charge is 2.58. The van der Waals surface area contributed by atoms with Crippen LogP contribution in [0, 0.1) is 11.3 Å². The van der Waals surface area contributed by atoms with E-state index >= 15 is 0 Å². The van der Waals surface area contributed by atoms with Gasteiger partial charge in [-0.15, -0.1) is 0 Å². The van der Waals surface area contributed by atoms with Crippen molar-refractivity contribution in [2.45, 2.75) is 50.9 Å². The predicted molar refractivity (Wildman–Crippen MR) is 52.2 cm³/mol. The smallest absolute Gasteiger partial charge is 0.249 e. The molecule has 0 spiro atoms. The van der Waals surface area contributed by atoms with Crippen LogP contribution >= 0.6 is 0 Å². The summed E-state index contributed by atoms with van der Waals surface area (Å²) in [5, 5.41) is 0. The zero-order chi connectivity index (χ0) is 10.2. The highest BCUT2D eigenvalue weighted by atomic mass is 19.3. The average molecular weight is 203 g/mol. The molecule has 2 aliphatic carbocycles. The molecule has 0 unspecified atom stereocenters. The minimum atomic E-state index is -2.42. The van der Waals surface area contributed by atoms with E-state index in [1.54, 1.807) is 0 Å². The molecule has 14 heavy (non-hydrogen) atoms. The molecule has 2 N–H and O–H groups in total. The summed E-state index contributed by atoms with van der Waals surface area (Å²) >= 11 is 0. The molecule has 0 saturated heterocycles. The van der Waals surface area contributed by atoms with E-state index in [4.69, 9.17) is 5.73 Å². The summed E-state index contributed by atoms with van der Waals surface area (Å²) in [4.78, 5) is 0. The zero-order valence-corrected chi connectivity index (χ0v) is 8.57. The molecule has 1 nitrogen and oxygen atoms in total. The first-order valence-electron chi connectivity index (χ1n) is 5.66. The predicted octanol–water partition coefficient (Wildman–Crippen LogP) is 2.94. The molecular formula is C11H19F2N. The van der Waals surface area contributed by atoms with Gasteiger partial charge >= 0.3 is 0 Å². The van der Waals surface area contributed by atoms with Crippen LogP contribution in [0.2, 0.25) is 0 Å². The Morgan fingerprint density at radius 2 is 1.64 bits per heavy atom. The van der Waals surface area contributed by atoms with Gasteiger partial charge in [0.05, 0.1) is 0 Å². The van der Waals surface area contributed by atoms with Gasteiger partial charge in [-0.25, -0.2) is 8.78 Å². The second kappa shape index (κ2) is 3.44. The van der Waals surface area contributed by atoms with Gasteiger partial charge in [0, 0.05) is 12.8 Å². The lowest BCUT2D eigenvalue weighted by Gasteiger charge is -2.52. The average Bonchev–Trinajstić information content (AvgIpc) is 2.15. The first-order valence-corrected chi connectivity index (χ1v) is 5.66. The van der Waals surface area contributed by atoms with Crippen molar-refractivity contribution in [3.05, 3.63) is 0 Å². The van der Waals surface area contributed by atoms with Crippen LogP contribution in [-0.4, -0.2) is 12.5 Å². The van der Waals surface area contributed by atoms with Gasteiger partial charge in [-0.05, 0) is 30.7 Å². The lowest BCUT2D eigenvalue weighted by atomic mass is 9.56. The van der Waals surface area contributed by atoms with Crippen molar-refractivity contribution in [2.75, 3.05) is 6.54 Å². The summed E-state index contributed by atoms with van der Waals surface area (Å²) in [6, 6.07) is 0. The lowest BCUT2D eigenvalue weighted by molar-refractivity contribution is -0.183. The van der Waals surface area contributed by atoms with Gasteiger partial charge in [0.15, 0.2) is 0 Å². The molecule has 0 radical (unpaired) electrons. The van der Waals surface area contributed by atoms with Crippen LogP contribution in [0.25, 0.3) is 0 Å². The number of nitrogens with two attached hydrogens (primary N) is 1. The highest BCUT2D eigenvalue weighted by molar-refractivity contribution is 5.03. The van der Waals surface area contributed by atoms with Gasteiger partial charge in [-0.1, -0.05) is 19.3 Å². The van der Waals surface area contributed by atoms with Crippen molar-refractivity contribution in [3.8, 4) is 0 Å². The molecule has 0 aromatic rings. The zero-order valence-electron chi connectivity index (χ0n) is 8.57. The summed E-state index contributed by atoms with van der Waals surface area (Å²) < 4.78 is 25.8. The van der Waals surface area contributed by atoms with E-state index in [9.17, 15) is 8.78 Å². The fourth-order valence-corrected chi connectivity index (χ4v) is 3.29. The molecular weight excluding hydrogens is 184 g/mol. The van der Waals surface area contributed by atoms with E-state index in [1.165, 1.54) is 19.3 Å². The van der Waals surface area contributed by atoms with Crippen LogP contribution < -0.4 is 5.73 Å². The molecule has 0 aliphatic heterocycles. The molecule has 2 fully saturated rings. The van der Waals surface area contributed by atoms with E-state index in [0.29, 0.717) is 12.5 Å². The van der Waals surface area contributed by atoms with Gasteiger partial charge in [0.25, 0.3) is 0 Å². The van der Waals surface area contributed by atoms with E-state index in [0.717, 1.165) is 12.8 Å². The third kappa shape index (κ3) is 1.67. The summed E-state index contributed by atoms with van der Waals surface area (Å²) in [7, 11) is 0. The Morgan fingerprint density at radius 1 is 1.07 bits per heavy atom. The Balaban J connectivity index is 1.99. The second-order valence-electron chi connectivity index (χ2n) is 5.11. The second-order valence-corrected chi connectivity index (χ2v) is 5.11. The maximum atomic E-state index is 12.9. The molecule has 0 aromatic heterocycles. The normalized spacial score (nSPS) is 31.1. The molecule has 2 saturated carbocycles. The van der Waals surface area contributed by atoms with Gasteiger partial charge < -0.3 is 5.73 Å². The monoisotopic (exact) mass is 203 g/mol. The Kier molecular flexibility index (Phi) is 2.54. The van der Waals surface area contributed by atoms with E-state index in [1.807, 2.05) is 0 Å². The molecule has 0 aromatic carbocycles. The minimum absolute atomic E-state index is 0.0428. The number of alkyl halides is 2. The van der Waals surface area contributed by atoms with Crippen molar-refractivity contribution in [1.82, 2.24) is 0 Å². The number of hydrogen-bond donors (Lipinski definition) is 1. The highest BCUT2D eigenvalue weighted by Crippen LogP contribution is 2.58. The third-order valence-corrected chi connectivity index (χ3v) is 4.10. The Hall–Kier alpha value is -0.180. The molecule has 2 aliphatic rings. The van der Waals surface area contributed by atoms with Crippen LogP contribution in [0.3, 0.4) is 0 Å². The first kappa shape index (κ1) is 10.3. The van der Waals surface area contributed by atoms with Crippen molar-refractivity contribution >= 4 is 0 Å². The van der Waals surface area contributed by atoms with Gasteiger partial charge in [-0.3, -0.25) is 0 Å². The topological polar surface area (TPSA) is 26.0 Å². The van der Waals surface area contributed by atoms with Crippen LogP contribution in [0.15, 0.2) is 0 Å². The van der Waals surface area contributed by atoms with Gasteiger partial charge in [-0.2, -0.15) is 0 Å². The number of hydrogen-bond acceptors (Lipinski definition) is 1. The van der Waals surface area contributed by atoms with Crippen molar-refractivity contribution in [1.29, 1.82) is 0 Å². The third-order valence-electron chi connectivity index (χ3n) is 4.10. The van der Waals surface area contributed by atoms with Crippen LogP contribution in [0.1, 0.15) is 44.9 Å². The number of rotatable bonds is 2.